The zero-order valence-electron chi connectivity index (χ0n) is 31.8. The molecule has 0 saturated carbocycles. The fourth-order valence-electron chi connectivity index (χ4n) is 10.0. The van der Waals surface area contributed by atoms with E-state index in [1.54, 1.807) is 0 Å². The van der Waals surface area contributed by atoms with Gasteiger partial charge in [-0.25, -0.2) is 0 Å². The number of unbranched alkanes of at least 4 members (excludes halogenated alkanes) is 12. The van der Waals surface area contributed by atoms with Crippen LogP contribution in [0.25, 0.3) is 44.3 Å². The van der Waals surface area contributed by atoms with E-state index in [9.17, 15) is 0 Å². The molecular weight excluding hydrogens is 780 g/mol. The summed E-state index contributed by atoms with van der Waals surface area (Å²) >= 11 is -0.550. The summed E-state index contributed by atoms with van der Waals surface area (Å²) in [6, 6.07) is 8.54. The quantitative estimate of drug-likeness (QED) is 0.0579. The van der Waals surface area contributed by atoms with Crippen LogP contribution in [0.1, 0.15) is 178 Å². The van der Waals surface area contributed by atoms with Crippen molar-refractivity contribution in [2.45, 2.75) is 167 Å². The maximum absolute atomic E-state index is 18.7. The SMILES string of the molecule is CCCCCCC1(CCCCCC)c2ccc3n[se]nc3c2-c2c(F)c3c(c(F)c21)-c1c(ccc2n[se]nc12)C3(CCCCCC)CCCCCC. The number of hydrogen-bond donors (Lipinski definition) is 0. The summed E-state index contributed by atoms with van der Waals surface area (Å²) in [5.41, 5.74) is 8.14. The first-order chi connectivity index (χ1) is 25.5. The minimum atomic E-state index is -0.608. The molecule has 8 heteroatoms. The van der Waals surface area contributed by atoms with Crippen LogP contribution in [-0.4, -0.2) is 45.8 Å². The van der Waals surface area contributed by atoms with E-state index in [-0.39, 0.29) is 41.6 Å². The Morgan fingerprint density at radius 1 is 0.442 bits per heavy atom. The van der Waals surface area contributed by atoms with Crippen molar-refractivity contribution in [3.63, 3.8) is 0 Å². The van der Waals surface area contributed by atoms with E-state index in [0.717, 1.165) is 173 Å². The second-order valence-corrected chi connectivity index (χ2v) is 18.0. The molecule has 7 rings (SSSR count). The third kappa shape index (κ3) is 6.40. The molecule has 0 unspecified atom stereocenters. The molecule has 0 spiro atoms. The van der Waals surface area contributed by atoms with Gasteiger partial charge in [0.2, 0.25) is 0 Å². The van der Waals surface area contributed by atoms with E-state index >= 15 is 8.78 Å². The molecule has 0 saturated heterocycles. The average Bonchev–Trinajstić information content (AvgIpc) is 3.94. The second-order valence-electron chi connectivity index (χ2n) is 15.8. The van der Waals surface area contributed by atoms with Gasteiger partial charge in [-0.05, 0) is 0 Å². The van der Waals surface area contributed by atoms with Gasteiger partial charge in [0.25, 0.3) is 0 Å². The van der Waals surface area contributed by atoms with Gasteiger partial charge in [0.05, 0.1) is 0 Å². The van der Waals surface area contributed by atoms with E-state index in [2.05, 4.69) is 52.0 Å². The Balaban J connectivity index is 1.55. The minimum absolute atomic E-state index is 0.198. The van der Waals surface area contributed by atoms with Crippen LogP contribution in [-0.2, 0) is 10.8 Å². The number of nitrogens with zero attached hydrogens (tertiary/aromatic N) is 4. The molecule has 0 atom stereocenters. The van der Waals surface area contributed by atoms with Crippen LogP contribution in [0.15, 0.2) is 24.3 Å². The molecule has 0 radical (unpaired) electrons. The van der Waals surface area contributed by atoms with Gasteiger partial charge in [-0.2, -0.15) is 0 Å². The molecule has 2 heterocycles. The molecule has 4 nitrogen and oxygen atoms in total. The summed E-state index contributed by atoms with van der Waals surface area (Å²) < 4.78 is 56.9. The van der Waals surface area contributed by atoms with Crippen LogP contribution < -0.4 is 0 Å². The predicted molar refractivity (Wildman–Crippen MR) is 214 cm³/mol. The average molecular weight is 837 g/mol. The van der Waals surface area contributed by atoms with E-state index in [4.69, 9.17) is 15.9 Å². The monoisotopic (exact) mass is 838 g/mol. The standard InChI is InChI=1S/C44H56F2N4Se2/c1-5-9-13-17-25-43(26-18-14-10-6-2)29-21-23-31-41(49-51-47-31)33(29)35-37(43)39(45)36-34-30(22-24-32-42(34)50-52-48-32)44(38(36)40(35)46,27-19-15-11-7-3)28-20-16-12-8-4/h21-24H,5-20,25-28H2,1-4H3. The van der Waals surface area contributed by atoms with Gasteiger partial charge in [0, 0.05) is 0 Å². The maximum atomic E-state index is 18.7. The van der Waals surface area contributed by atoms with Gasteiger partial charge in [0.15, 0.2) is 0 Å². The molecule has 0 amide bonds. The van der Waals surface area contributed by atoms with Crippen LogP contribution in [0, 0.1) is 11.6 Å². The zero-order valence-corrected chi connectivity index (χ0v) is 35.2. The molecule has 2 aliphatic rings. The first kappa shape index (κ1) is 38.0. The third-order valence-electron chi connectivity index (χ3n) is 12.6. The number of hydrogen-bond acceptors (Lipinski definition) is 4. The van der Waals surface area contributed by atoms with E-state index in [1.807, 2.05) is 0 Å². The molecule has 0 N–H and O–H groups in total. The fourth-order valence-corrected chi connectivity index (χ4v) is 12.3. The van der Waals surface area contributed by atoms with Crippen LogP contribution >= 0.6 is 0 Å². The molecule has 2 aromatic heterocycles. The molecule has 3 aromatic carbocycles. The normalized spacial score (nSPS) is 15.0. The molecule has 2 aliphatic carbocycles. The second kappa shape index (κ2) is 16.6. The van der Waals surface area contributed by atoms with Crippen molar-refractivity contribution in [2.75, 3.05) is 0 Å². The predicted octanol–water partition coefficient (Wildman–Crippen LogP) is 12.4. The Hall–Kier alpha value is -2.24. The van der Waals surface area contributed by atoms with E-state index in [0.29, 0.717) is 22.3 Å². The van der Waals surface area contributed by atoms with Crippen molar-refractivity contribution in [1.29, 1.82) is 0 Å². The van der Waals surface area contributed by atoms with E-state index in [1.165, 1.54) is 0 Å². The summed E-state index contributed by atoms with van der Waals surface area (Å²) in [4.78, 5) is 0. The van der Waals surface area contributed by atoms with Crippen LogP contribution in [0.3, 0.4) is 0 Å². The van der Waals surface area contributed by atoms with Crippen molar-refractivity contribution in [1.82, 2.24) is 15.9 Å². The molecular formula is C44H56F2N4Se2. The summed E-state index contributed by atoms with van der Waals surface area (Å²) in [5.74, 6) is -0.396. The Morgan fingerprint density at radius 3 is 1.12 bits per heavy atom. The Bertz CT molecular complexity index is 1850. The van der Waals surface area contributed by atoms with Crippen LogP contribution in [0.2, 0.25) is 0 Å². The Morgan fingerprint density at radius 2 is 0.788 bits per heavy atom. The number of fused-ring (bicyclic) bond motifs is 10. The molecule has 0 bridgehead atoms. The Kier molecular flexibility index (Phi) is 12.2. The van der Waals surface area contributed by atoms with Crippen LogP contribution in [0.4, 0.5) is 8.78 Å². The van der Waals surface area contributed by atoms with Crippen molar-refractivity contribution in [2.24, 2.45) is 0 Å². The Labute approximate surface area is 322 Å². The summed E-state index contributed by atoms with van der Waals surface area (Å²) in [7, 11) is 0. The summed E-state index contributed by atoms with van der Waals surface area (Å²) in [6.07, 6.45) is 20.8. The van der Waals surface area contributed by atoms with Gasteiger partial charge in [-0.3, -0.25) is 0 Å². The van der Waals surface area contributed by atoms with Crippen LogP contribution in [0.5, 0.6) is 0 Å². The molecule has 5 aromatic rings. The fraction of sp³-hybridized carbons (Fsp3) is 0.591. The zero-order chi connectivity index (χ0) is 36.3. The third-order valence-corrected chi connectivity index (χ3v) is 14.8. The summed E-state index contributed by atoms with van der Waals surface area (Å²) in [6.45, 7) is 8.95. The van der Waals surface area contributed by atoms with Gasteiger partial charge >= 0.3 is 324 Å². The van der Waals surface area contributed by atoms with Crippen molar-refractivity contribution < 1.29 is 8.78 Å². The number of halogens is 2. The molecule has 0 fully saturated rings. The van der Waals surface area contributed by atoms with Gasteiger partial charge < -0.3 is 0 Å². The molecule has 52 heavy (non-hydrogen) atoms. The van der Waals surface area contributed by atoms with E-state index < -0.39 is 10.8 Å². The molecule has 0 aliphatic heterocycles. The first-order valence-electron chi connectivity index (χ1n) is 20.6. The number of aromatic nitrogens is 4. The number of benzene rings is 3. The number of rotatable bonds is 20. The van der Waals surface area contributed by atoms with Gasteiger partial charge in [-0.15, -0.1) is 0 Å². The molecule has 278 valence electrons. The van der Waals surface area contributed by atoms with Crippen molar-refractivity contribution in [3.05, 3.63) is 58.2 Å². The van der Waals surface area contributed by atoms with Crippen molar-refractivity contribution in [3.8, 4) is 22.3 Å². The van der Waals surface area contributed by atoms with Gasteiger partial charge in [-0.1, -0.05) is 0 Å². The van der Waals surface area contributed by atoms with Crippen molar-refractivity contribution >= 4 is 52.0 Å². The summed E-state index contributed by atoms with van der Waals surface area (Å²) in [5, 5.41) is 0. The topological polar surface area (TPSA) is 51.6 Å². The first-order valence-corrected chi connectivity index (χ1v) is 23.6. The van der Waals surface area contributed by atoms with Gasteiger partial charge in [0.1, 0.15) is 0 Å².